The summed E-state index contributed by atoms with van der Waals surface area (Å²) >= 11 is 0. The first-order valence-corrected chi connectivity index (χ1v) is 35.6. The zero-order valence-corrected chi connectivity index (χ0v) is 54.5. The van der Waals surface area contributed by atoms with E-state index in [0.29, 0.717) is 12.8 Å². The van der Waals surface area contributed by atoms with Crippen molar-refractivity contribution in [1.82, 2.24) is 0 Å². The molecule has 0 aliphatic heterocycles. The molecule has 0 aromatic heterocycles. The molecule has 0 saturated heterocycles. The molecule has 82 heavy (non-hydrogen) atoms. The van der Waals surface area contributed by atoms with Crippen LogP contribution in [-0.4, -0.2) is 37.2 Å². The van der Waals surface area contributed by atoms with Gasteiger partial charge in [0.1, 0.15) is 13.2 Å². The number of carbonyl (C=O) groups excluding carboxylic acids is 3. The van der Waals surface area contributed by atoms with Crippen molar-refractivity contribution in [2.24, 2.45) is 0 Å². The Morgan fingerprint density at radius 3 is 0.841 bits per heavy atom. The number of hydrogen-bond donors (Lipinski definition) is 0. The molecule has 0 bridgehead atoms. The number of esters is 3. The van der Waals surface area contributed by atoms with Gasteiger partial charge in [-0.3, -0.25) is 14.4 Å². The molecule has 6 heteroatoms. The van der Waals surface area contributed by atoms with Crippen molar-refractivity contribution in [3.05, 3.63) is 85.1 Å². The van der Waals surface area contributed by atoms with Crippen LogP contribution in [0, 0.1) is 0 Å². The van der Waals surface area contributed by atoms with E-state index in [1.54, 1.807) is 6.08 Å². The molecule has 0 aliphatic carbocycles. The highest BCUT2D eigenvalue weighted by Crippen LogP contribution is 2.18. The van der Waals surface area contributed by atoms with Gasteiger partial charge in [0.05, 0.1) is 6.42 Å². The maximum Gasteiger partial charge on any atom is 0.309 e. The molecular formula is C76H134O6. The molecular weight excluding hydrogens is 1010 g/mol. The Labute approximate surface area is 509 Å². The van der Waals surface area contributed by atoms with Crippen molar-refractivity contribution in [3.8, 4) is 0 Å². The molecule has 0 amide bonds. The second kappa shape index (κ2) is 70.1. The second-order valence-electron chi connectivity index (χ2n) is 23.8. The van der Waals surface area contributed by atoms with Gasteiger partial charge in [-0.05, 0) is 96.3 Å². The molecule has 0 aromatic carbocycles. The van der Waals surface area contributed by atoms with Crippen molar-refractivity contribution < 1.29 is 28.6 Å². The lowest BCUT2D eigenvalue weighted by atomic mass is 10.0. The Morgan fingerprint density at radius 2 is 0.524 bits per heavy atom. The number of carbonyl (C=O) groups is 3. The molecule has 0 aromatic rings. The third kappa shape index (κ3) is 67.4. The first-order chi connectivity index (χ1) is 40.5. The Morgan fingerprint density at radius 1 is 0.268 bits per heavy atom. The van der Waals surface area contributed by atoms with Crippen molar-refractivity contribution in [1.29, 1.82) is 0 Å². The zero-order chi connectivity index (χ0) is 59.2. The average Bonchev–Trinajstić information content (AvgIpc) is 3.47. The fourth-order valence-electron chi connectivity index (χ4n) is 10.3. The minimum Gasteiger partial charge on any atom is -0.462 e. The molecule has 474 valence electrons. The van der Waals surface area contributed by atoms with Crippen LogP contribution in [-0.2, 0) is 28.6 Å². The Kier molecular flexibility index (Phi) is 67.2. The van der Waals surface area contributed by atoms with Crippen LogP contribution in [0.4, 0.5) is 0 Å². The maximum atomic E-state index is 12.9. The summed E-state index contributed by atoms with van der Waals surface area (Å²) in [6.45, 7) is 6.48. The fourth-order valence-corrected chi connectivity index (χ4v) is 10.3. The van der Waals surface area contributed by atoms with Crippen LogP contribution in [0.25, 0.3) is 0 Å². The van der Waals surface area contributed by atoms with Gasteiger partial charge in [0, 0.05) is 12.8 Å². The first-order valence-electron chi connectivity index (χ1n) is 35.6. The second-order valence-corrected chi connectivity index (χ2v) is 23.8. The Balaban J connectivity index is 4.26. The van der Waals surface area contributed by atoms with Crippen LogP contribution in [0.5, 0.6) is 0 Å². The van der Waals surface area contributed by atoms with E-state index in [9.17, 15) is 14.4 Å². The van der Waals surface area contributed by atoms with Crippen LogP contribution >= 0.6 is 0 Å². The highest BCUT2D eigenvalue weighted by Gasteiger charge is 2.19. The molecule has 0 spiro atoms. The van der Waals surface area contributed by atoms with Crippen molar-refractivity contribution in [2.75, 3.05) is 13.2 Å². The fraction of sp³-hybridized carbons (Fsp3) is 0.776. The minimum atomic E-state index is -0.819. The monoisotopic (exact) mass is 1140 g/mol. The van der Waals surface area contributed by atoms with Gasteiger partial charge in [-0.2, -0.15) is 0 Å². The van der Waals surface area contributed by atoms with Crippen molar-refractivity contribution >= 4 is 17.9 Å². The summed E-state index contributed by atoms with van der Waals surface area (Å²) in [6, 6.07) is 0. The molecule has 0 heterocycles. The molecule has 0 N–H and O–H groups in total. The Bertz CT molecular complexity index is 1550. The van der Waals surface area contributed by atoms with Gasteiger partial charge in [-0.15, -0.1) is 0 Å². The van der Waals surface area contributed by atoms with Crippen molar-refractivity contribution in [2.45, 2.75) is 367 Å². The smallest absolute Gasteiger partial charge is 0.309 e. The van der Waals surface area contributed by atoms with E-state index >= 15 is 0 Å². The summed E-state index contributed by atoms with van der Waals surface area (Å²) in [5.41, 5.74) is 0. The van der Waals surface area contributed by atoms with Crippen LogP contribution in [0.3, 0.4) is 0 Å². The van der Waals surface area contributed by atoms with Gasteiger partial charge < -0.3 is 14.2 Å². The normalized spacial score (nSPS) is 12.6. The predicted molar refractivity (Wildman–Crippen MR) is 358 cm³/mol. The molecule has 0 saturated carbocycles. The van der Waals surface area contributed by atoms with E-state index in [0.717, 1.165) is 70.6 Å². The van der Waals surface area contributed by atoms with Crippen LogP contribution in [0.15, 0.2) is 85.1 Å². The first kappa shape index (κ1) is 78.6. The van der Waals surface area contributed by atoms with E-state index in [2.05, 4.69) is 93.7 Å². The topological polar surface area (TPSA) is 78.9 Å². The molecule has 1 unspecified atom stereocenters. The molecule has 0 aliphatic rings. The number of rotatable bonds is 65. The molecule has 0 fully saturated rings. The number of unbranched alkanes of at least 4 members (excludes halogenated alkanes) is 41. The van der Waals surface area contributed by atoms with Gasteiger partial charge in [0.15, 0.2) is 6.10 Å². The van der Waals surface area contributed by atoms with Crippen LogP contribution < -0.4 is 0 Å². The highest BCUT2D eigenvalue weighted by molar-refractivity contribution is 5.72. The molecule has 0 rings (SSSR count). The van der Waals surface area contributed by atoms with E-state index < -0.39 is 12.1 Å². The highest BCUT2D eigenvalue weighted by atomic mass is 16.6. The van der Waals surface area contributed by atoms with Crippen molar-refractivity contribution in [3.63, 3.8) is 0 Å². The minimum absolute atomic E-state index is 0.105. The van der Waals surface area contributed by atoms with E-state index in [4.69, 9.17) is 14.2 Å². The zero-order valence-electron chi connectivity index (χ0n) is 54.5. The van der Waals surface area contributed by atoms with Gasteiger partial charge in [0.2, 0.25) is 0 Å². The molecule has 6 nitrogen and oxygen atoms in total. The summed E-state index contributed by atoms with van der Waals surface area (Å²) in [5, 5.41) is 0. The summed E-state index contributed by atoms with van der Waals surface area (Å²) < 4.78 is 16.9. The predicted octanol–water partition coefficient (Wildman–Crippen LogP) is 24.6. The lowest BCUT2D eigenvalue weighted by Crippen LogP contribution is -2.30. The lowest BCUT2D eigenvalue weighted by molar-refractivity contribution is -0.166. The summed E-state index contributed by atoms with van der Waals surface area (Å²) in [4.78, 5) is 38.3. The van der Waals surface area contributed by atoms with Gasteiger partial charge in [-0.1, -0.05) is 331 Å². The quantitative estimate of drug-likeness (QED) is 0.0261. The third-order valence-corrected chi connectivity index (χ3v) is 15.6. The van der Waals surface area contributed by atoms with Gasteiger partial charge >= 0.3 is 17.9 Å². The molecule has 0 radical (unpaired) electrons. The van der Waals surface area contributed by atoms with Crippen LogP contribution in [0.2, 0.25) is 0 Å². The Hall–Kier alpha value is -3.41. The van der Waals surface area contributed by atoms with E-state index in [1.165, 1.54) is 250 Å². The average molecular weight is 1140 g/mol. The van der Waals surface area contributed by atoms with Gasteiger partial charge in [-0.25, -0.2) is 0 Å². The summed E-state index contributed by atoms with van der Waals surface area (Å²) in [5.74, 6) is -1.03. The standard InChI is InChI=1S/C76H134O6/c1-4-7-10-13-16-19-22-25-28-30-32-33-34-35-36-37-38-39-40-41-42-43-44-46-48-51-54-57-60-63-66-69-75(78)81-72-73(71-80-74(77)68-65-62-59-56-53-50-47-27-24-21-18-15-12-9-6-3)82-76(79)70-67-64-61-58-55-52-49-45-31-29-26-23-20-17-14-11-8-5-2/h9,12,18,21,27,29-32,47,53,56,62,65,73H,4-8,10-11,13-17,19-20,22-26,28,33-46,48-52,54-55,57-61,63-64,66-72H2,1-3H3/b12-9-,21-18-,31-29-,32-30-,47-27-,56-53-,65-62-. The number of hydrogen-bond acceptors (Lipinski definition) is 6. The molecule has 1 atom stereocenters. The summed E-state index contributed by atoms with van der Waals surface area (Å²) in [7, 11) is 0. The largest absolute Gasteiger partial charge is 0.462 e. The lowest BCUT2D eigenvalue weighted by Gasteiger charge is -2.18. The third-order valence-electron chi connectivity index (χ3n) is 15.6. The van der Waals surface area contributed by atoms with E-state index in [-0.39, 0.29) is 31.6 Å². The number of ether oxygens (including phenoxy) is 3. The summed E-state index contributed by atoms with van der Waals surface area (Å²) in [6.07, 6.45) is 93.7. The van der Waals surface area contributed by atoms with E-state index in [1.807, 2.05) is 6.08 Å². The van der Waals surface area contributed by atoms with Gasteiger partial charge in [0.25, 0.3) is 0 Å². The number of allylic oxidation sites excluding steroid dienone is 13. The SMILES string of the molecule is CC/C=C\C/C=C\C/C=C\C/C=C\C/C=C\CC(=O)OCC(COC(=O)CCCCCCCCCCCCCCCCCCCCC/C=C\CCCCCCCCCC)OC(=O)CCCCCCCCC/C=C\CCCCCCCCC. The maximum absolute atomic E-state index is 12.9. The van der Waals surface area contributed by atoms with Crippen LogP contribution in [0.1, 0.15) is 361 Å².